The Kier molecular flexibility index (Phi) is 5.03. The highest BCUT2D eigenvalue weighted by Gasteiger charge is 2.43. The average Bonchev–Trinajstić information content (AvgIpc) is 2.67. The summed E-state index contributed by atoms with van der Waals surface area (Å²) >= 11 is 0. The molecule has 0 N–H and O–H groups in total. The van der Waals surface area contributed by atoms with E-state index in [2.05, 4.69) is 6.07 Å². The minimum absolute atomic E-state index is 0.132. The Morgan fingerprint density at radius 1 is 1.28 bits per heavy atom. The number of esters is 1. The van der Waals surface area contributed by atoms with Crippen LogP contribution in [-0.4, -0.2) is 32.9 Å². The summed E-state index contributed by atoms with van der Waals surface area (Å²) in [7, 11) is 1.58. The Morgan fingerprint density at radius 2 is 1.96 bits per heavy atom. The second-order valence-corrected chi connectivity index (χ2v) is 6.39. The lowest BCUT2D eigenvalue weighted by molar-refractivity contribution is -0.149. The molecule has 6 heteroatoms. The predicted octanol–water partition coefficient (Wildman–Crippen LogP) is 2.98. The number of fused-ring (bicyclic) bond motifs is 1. The number of methoxy groups -OCH3 is 1. The molecule has 0 spiro atoms. The fraction of sp³-hybridized carbons (Fsp3) is 0.579. The molecule has 1 aliphatic heterocycles. The van der Waals surface area contributed by atoms with Crippen molar-refractivity contribution in [3.63, 3.8) is 0 Å². The van der Waals surface area contributed by atoms with Gasteiger partial charge in [-0.15, -0.1) is 0 Å². The maximum atomic E-state index is 12.0. The molecule has 0 saturated heterocycles. The van der Waals surface area contributed by atoms with E-state index < -0.39 is 5.41 Å². The van der Waals surface area contributed by atoms with Gasteiger partial charge in [-0.2, -0.15) is 5.26 Å². The Bertz CT molecular complexity index is 686. The number of ether oxygens (including phenoxy) is 4. The molecule has 1 fully saturated rings. The molecular weight excluding hydrogens is 322 g/mol. The summed E-state index contributed by atoms with van der Waals surface area (Å²) in [6, 6.07) is 6.19. The van der Waals surface area contributed by atoms with E-state index in [0.717, 1.165) is 5.56 Å². The van der Waals surface area contributed by atoms with Crippen LogP contribution in [0.2, 0.25) is 0 Å². The van der Waals surface area contributed by atoms with Gasteiger partial charge in [0, 0.05) is 5.56 Å². The third kappa shape index (κ3) is 3.11. The number of carbonyl (C=O) groups excluding carboxylic acids is 1. The molecule has 3 rings (SSSR count). The monoisotopic (exact) mass is 345 g/mol. The summed E-state index contributed by atoms with van der Waals surface area (Å²) in [6.07, 6.45) is 2.45. The molecule has 25 heavy (non-hydrogen) atoms. The molecular formula is C19H23NO5. The van der Waals surface area contributed by atoms with E-state index in [9.17, 15) is 10.1 Å². The second kappa shape index (κ2) is 7.22. The lowest BCUT2D eigenvalue weighted by Crippen LogP contribution is -2.34. The van der Waals surface area contributed by atoms with Crippen LogP contribution in [0.3, 0.4) is 0 Å². The Morgan fingerprint density at radius 3 is 2.56 bits per heavy atom. The van der Waals surface area contributed by atoms with Crippen LogP contribution in [0, 0.1) is 17.2 Å². The fourth-order valence-corrected chi connectivity index (χ4v) is 3.70. The first-order valence-corrected chi connectivity index (χ1v) is 8.70. The summed E-state index contributed by atoms with van der Waals surface area (Å²) in [5, 5.41) is 9.96. The third-order valence-corrected chi connectivity index (χ3v) is 5.06. The van der Waals surface area contributed by atoms with Crippen LogP contribution in [0.15, 0.2) is 12.1 Å². The van der Waals surface area contributed by atoms with E-state index in [1.54, 1.807) is 14.0 Å². The van der Waals surface area contributed by atoms with Gasteiger partial charge in [0.2, 0.25) is 5.75 Å². The molecule has 0 aromatic heterocycles. The van der Waals surface area contributed by atoms with Gasteiger partial charge in [-0.05, 0) is 44.7 Å². The maximum absolute atomic E-state index is 12.0. The van der Waals surface area contributed by atoms with Crippen LogP contribution < -0.4 is 14.2 Å². The van der Waals surface area contributed by atoms with Crippen molar-refractivity contribution >= 4 is 5.97 Å². The normalized spacial score (nSPS) is 24.9. The number of hydrogen-bond acceptors (Lipinski definition) is 6. The van der Waals surface area contributed by atoms with Gasteiger partial charge in [-0.25, -0.2) is 0 Å². The molecule has 2 aliphatic rings. The molecule has 0 bridgehead atoms. The molecule has 0 atom stereocenters. The zero-order chi connectivity index (χ0) is 17.9. The number of rotatable bonds is 4. The van der Waals surface area contributed by atoms with Crippen molar-refractivity contribution in [2.75, 3.05) is 26.9 Å². The minimum Gasteiger partial charge on any atom is -0.493 e. The average molecular weight is 345 g/mol. The number of nitriles is 1. The van der Waals surface area contributed by atoms with Crippen molar-refractivity contribution < 1.29 is 23.7 Å². The molecule has 0 radical (unpaired) electrons. The molecule has 1 aliphatic carbocycles. The number of nitrogens with zero attached hydrogens (tertiary/aromatic N) is 1. The Labute approximate surface area is 147 Å². The van der Waals surface area contributed by atoms with Gasteiger partial charge in [0.25, 0.3) is 0 Å². The third-order valence-electron chi connectivity index (χ3n) is 5.06. The summed E-state index contributed by atoms with van der Waals surface area (Å²) in [4.78, 5) is 12.0. The van der Waals surface area contributed by atoms with Gasteiger partial charge in [-0.1, -0.05) is 0 Å². The van der Waals surface area contributed by atoms with E-state index in [0.29, 0.717) is 62.8 Å². The minimum atomic E-state index is -0.681. The van der Waals surface area contributed by atoms with E-state index >= 15 is 0 Å². The van der Waals surface area contributed by atoms with Crippen molar-refractivity contribution in [3.05, 3.63) is 17.7 Å². The smallest absolute Gasteiger partial charge is 0.308 e. The van der Waals surface area contributed by atoms with Crippen LogP contribution in [0.5, 0.6) is 17.2 Å². The van der Waals surface area contributed by atoms with E-state index in [1.807, 2.05) is 12.1 Å². The van der Waals surface area contributed by atoms with Crippen LogP contribution in [0.25, 0.3) is 0 Å². The Balaban J connectivity index is 1.90. The van der Waals surface area contributed by atoms with Gasteiger partial charge in [0.1, 0.15) is 13.2 Å². The first kappa shape index (κ1) is 17.4. The van der Waals surface area contributed by atoms with E-state index in [4.69, 9.17) is 18.9 Å². The molecule has 1 saturated carbocycles. The van der Waals surface area contributed by atoms with Crippen LogP contribution in [0.1, 0.15) is 38.2 Å². The first-order valence-electron chi connectivity index (χ1n) is 8.70. The molecule has 6 nitrogen and oxygen atoms in total. The molecule has 1 aromatic rings. The van der Waals surface area contributed by atoms with Crippen LogP contribution >= 0.6 is 0 Å². The number of carbonyl (C=O) groups is 1. The highest BCUT2D eigenvalue weighted by molar-refractivity contribution is 5.72. The van der Waals surface area contributed by atoms with Crippen LogP contribution in [0.4, 0.5) is 0 Å². The van der Waals surface area contributed by atoms with Gasteiger partial charge < -0.3 is 18.9 Å². The molecule has 0 unspecified atom stereocenters. The second-order valence-electron chi connectivity index (χ2n) is 6.39. The lowest BCUT2D eigenvalue weighted by Gasteiger charge is -2.36. The van der Waals surface area contributed by atoms with E-state index in [-0.39, 0.29) is 11.9 Å². The Hall–Kier alpha value is -2.42. The highest BCUT2D eigenvalue weighted by Crippen LogP contribution is 2.51. The van der Waals surface area contributed by atoms with E-state index in [1.165, 1.54) is 0 Å². The van der Waals surface area contributed by atoms with Crippen molar-refractivity contribution in [2.45, 2.75) is 38.0 Å². The van der Waals surface area contributed by atoms with Crippen molar-refractivity contribution in [2.24, 2.45) is 5.92 Å². The van der Waals surface area contributed by atoms with Gasteiger partial charge >= 0.3 is 5.97 Å². The highest BCUT2D eigenvalue weighted by atomic mass is 16.6. The first-order chi connectivity index (χ1) is 12.1. The topological polar surface area (TPSA) is 77.8 Å². The summed E-state index contributed by atoms with van der Waals surface area (Å²) in [5.74, 6) is 1.47. The number of benzene rings is 1. The number of hydrogen-bond donors (Lipinski definition) is 0. The van der Waals surface area contributed by atoms with Gasteiger partial charge in [0.15, 0.2) is 11.5 Å². The van der Waals surface area contributed by atoms with Crippen molar-refractivity contribution in [1.29, 1.82) is 5.26 Å². The van der Waals surface area contributed by atoms with Gasteiger partial charge in [0.05, 0.1) is 31.1 Å². The molecule has 134 valence electrons. The fourth-order valence-electron chi connectivity index (χ4n) is 3.70. The summed E-state index contributed by atoms with van der Waals surface area (Å²) in [5.41, 5.74) is 0.146. The largest absolute Gasteiger partial charge is 0.493 e. The zero-order valence-corrected chi connectivity index (χ0v) is 14.7. The molecule has 0 amide bonds. The van der Waals surface area contributed by atoms with Crippen LogP contribution in [-0.2, 0) is 14.9 Å². The standard InChI is InChI=1S/C19H23NO5/c1-3-23-18(21)13-6-8-19(12-20,9-7-13)14-4-5-15(22-2)17-16(14)24-10-11-25-17/h4-5,13H,3,6-11H2,1-2H3/t13-,19-. The summed E-state index contributed by atoms with van der Waals surface area (Å²) < 4.78 is 22.0. The SMILES string of the molecule is CCOC(=O)[C@H]1CC[C@](C#N)(c2ccc(OC)c3c2OCCO3)CC1. The molecule has 1 aromatic carbocycles. The lowest BCUT2D eigenvalue weighted by atomic mass is 9.67. The van der Waals surface area contributed by atoms with Gasteiger partial charge in [-0.3, -0.25) is 4.79 Å². The summed E-state index contributed by atoms with van der Waals surface area (Å²) in [6.45, 7) is 3.09. The zero-order valence-electron chi connectivity index (χ0n) is 14.7. The quantitative estimate of drug-likeness (QED) is 0.781. The van der Waals surface area contributed by atoms with Crippen molar-refractivity contribution in [3.8, 4) is 23.3 Å². The predicted molar refractivity (Wildman–Crippen MR) is 89.9 cm³/mol. The molecule has 1 heterocycles. The maximum Gasteiger partial charge on any atom is 0.308 e. The van der Waals surface area contributed by atoms with Crippen molar-refractivity contribution in [1.82, 2.24) is 0 Å².